The molecule has 0 atom stereocenters. The van der Waals surface area contributed by atoms with E-state index in [1.165, 1.54) is 22.5 Å². The molecule has 1 aromatic carbocycles. The van der Waals surface area contributed by atoms with Crippen molar-refractivity contribution in [3.63, 3.8) is 0 Å². The summed E-state index contributed by atoms with van der Waals surface area (Å²) in [6.07, 6.45) is 3.87. The number of rotatable bonds is 5. The number of carbonyl (C=O) groups is 1. The van der Waals surface area contributed by atoms with Gasteiger partial charge in [0.2, 0.25) is 10.0 Å². The van der Waals surface area contributed by atoms with Crippen molar-refractivity contribution in [2.75, 3.05) is 13.7 Å². The second-order valence-electron chi connectivity index (χ2n) is 6.30. The van der Waals surface area contributed by atoms with E-state index in [9.17, 15) is 13.2 Å². The molecule has 0 saturated heterocycles. The molecule has 0 spiro atoms. The van der Waals surface area contributed by atoms with Crippen LogP contribution in [-0.4, -0.2) is 38.4 Å². The van der Waals surface area contributed by atoms with Gasteiger partial charge >= 0.3 is 5.97 Å². The lowest BCUT2D eigenvalue weighted by molar-refractivity contribution is 0.0526. The molecule has 0 aliphatic heterocycles. The van der Waals surface area contributed by atoms with Crippen LogP contribution in [0.1, 0.15) is 49.9 Å². The van der Waals surface area contributed by atoms with Gasteiger partial charge in [-0.2, -0.15) is 4.31 Å². The molecule has 134 valence electrons. The van der Waals surface area contributed by atoms with E-state index in [0.717, 1.165) is 25.7 Å². The molecular formula is C17H24BrNO4S. The Hall–Kier alpha value is -0.920. The number of esters is 1. The van der Waals surface area contributed by atoms with E-state index in [1.807, 2.05) is 0 Å². The van der Waals surface area contributed by atoms with Gasteiger partial charge in [-0.05, 0) is 72.7 Å². The Morgan fingerprint density at radius 3 is 2.46 bits per heavy atom. The lowest BCUT2D eigenvalue weighted by atomic mass is 9.87. The minimum absolute atomic E-state index is 0.0304. The minimum atomic E-state index is -3.61. The molecule has 2 rings (SSSR count). The molecule has 24 heavy (non-hydrogen) atoms. The molecule has 0 heterocycles. The number of nitrogens with zero attached hydrogens (tertiary/aromatic N) is 1. The van der Waals surface area contributed by atoms with Gasteiger partial charge in [0.1, 0.15) is 0 Å². The highest BCUT2D eigenvalue weighted by molar-refractivity contribution is 9.10. The second-order valence-corrected chi connectivity index (χ2v) is 9.12. The normalized spacial score (nSPS) is 21.7. The van der Waals surface area contributed by atoms with E-state index in [0.29, 0.717) is 16.0 Å². The van der Waals surface area contributed by atoms with E-state index >= 15 is 0 Å². The van der Waals surface area contributed by atoms with Gasteiger partial charge in [0.05, 0.1) is 17.1 Å². The van der Waals surface area contributed by atoms with E-state index in [1.54, 1.807) is 14.0 Å². The zero-order valence-corrected chi connectivity index (χ0v) is 16.7. The molecular weight excluding hydrogens is 394 g/mol. The molecule has 1 aliphatic carbocycles. The minimum Gasteiger partial charge on any atom is -0.462 e. The topological polar surface area (TPSA) is 63.7 Å². The molecule has 1 saturated carbocycles. The van der Waals surface area contributed by atoms with Crippen molar-refractivity contribution in [3.8, 4) is 0 Å². The van der Waals surface area contributed by atoms with Crippen LogP contribution < -0.4 is 0 Å². The van der Waals surface area contributed by atoms with Crippen molar-refractivity contribution >= 4 is 31.9 Å². The molecule has 1 fully saturated rings. The quantitative estimate of drug-likeness (QED) is 0.682. The zero-order chi connectivity index (χ0) is 17.9. The lowest BCUT2D eigenvalue weighted by Gasteiger charge is -2.33. The number of hydrogen-bond acceptors (Lipinski definition) is 4. The molecule has 1 aliphatic rings. The first-order valence-corrected chi connectivity index (χ1v) is 10.4. The Labute approximate surface area is 152 Å². The molecule has 7 heteroatoms. The molecule has 0 bridgehead atoms. The largest absolute Gasteiger partial charge is 0.462 e. The zero-order valence-electron chi connectivity index (χ0n) is 14.3. The maximum Gasteiger partial charge on any atom is 0.338 e. The number of ether oxygens (including phenoxy) is 1. The van der Waals surface area contributed by atoms with Crippen molar-refractivity contribution in [1.82, 2.24) is 4.31 Å². The summed E-state index contributed by atoms with van der Waals surface area (Å²) in [5.41, 5.74) is 0.330. The SMILES string of the molecule is CCOC(=O)c1ccc(S(=O)(=O)N(C)C2CCC(C)CC2)c(Br)c1. The Balaban J connectivity index is 2.24. The summed E-state index contributed by atoms with van der Waals surface area (Å²) in [5, 5.41) is 0. The van der Waals surface area contributed by atoms with Gasteiger partial charge < -0.3 is 4.74 Å². The monoisotopic (exact) mass is 417 g/mol. The van der Waals surface area contributed by atoms with Crippen molar-refractivity contribution < 1.29 is 17.9 Å². The van der Waals surface area contributed by atoms with Crippen molar-refractivity contribution in [2.45, 2.75) is 50.5 Å². The van der Waals surface area contributed by atoms with E-state index in [4.69, 9.17) is 4.74 Å². The first-order chi connectivity index (χ1) is 11.3. The highest BCUT2D eigenvalue weighted by Crippen LogP contribution is 2.32. The number of hydrogen-bond donors (Lipinski definition) is 0. The fraction of sp³-hybridized carbons (Fsp3) is 0.588. The van der Waals surface area contributed by atoms with Crippen LogP contribution in [0, 0.1) is 5.92 Å². The van der Waals surface area contributed by atoms with Gasteiger partial charge in [-0.25, -0.2) is 13.2 Å². The average molecular weight is 418 g/mol. The first-order valence-electron chi connectivity index (χ1n) is 8.22. The Kier molecular flexibility index (Phi) is 6.45. The number of carbonyl (C=O) groups excluding carboxylic acids is 1. The summed E-state index contributed by atoms with van der Waals surface area (Å²) in [5.74, 6) is 0.199. The Morgan fingerprint density at radius 2 is 1.92 bits per heavy atom. The highest BCUT2D eigenvalue weighted by Gasteiger charge is 2.32. The van der Waals surface area contributed by atoms with Crippen molar-refractivity contribution in [1.29, 1.82) is 0 Å². The Morgan fingerprint density at radius 1 is 1.29 bits per heavy atom. The summed E-state index contributed by atoms with van der Waals surface area (Å²) in [7, 11) is -1.97. The van der Waals surface area contributed by atoms with Gasteiger partial charge in [-0.3, -0.25) is 0 Å². The predicted molar refractivity (Wildman–Crippen MR) is 96.5 cm³/mol. The van der Waals surface area contributed by atoms with Crippen LogP contribution in [0.4, 0.5) is 0 Å². The van der Waals surface area contributed by atoms with Crippen LogP contribution in [-0.2, 0) is 14.8 Å². The molecule has 1 aromatic rings. The molecule has 5 nitrogen and oxygen atoms in total. The fourth-order valence-corrected chi connectivity index (χ4v) is 5.46. The number of benzene rings is 1. The van der Waals surface area contributed by atoms with Crippen LogP contribution >= 0.6 is 15.9 Å². The maximum atomic E-state index is 12.9. The molecule has 0 amide bonds. The van der Waals surface area contributed by atoms with Gasteiger partial charge in [-0.1, -0.05) is 6.92 Å². The molecule has 0 aromatic heterocycles. The predicted octanol–water partition coefficient (Wildman–Crippen LogP) is 3.83. The standard InChI is InChI=1S/C17H24BrNO4S/c1-4-23-17(20)13-7-10-16(15(18)11-13)24(21,22)19(3)14-8-5-12(2)6-9-14/h7,10-12,14H,4-6,8-9H2,1-3H3. The molecule has 0 unspecified atom stereocenters. The summed E-state index contributed by atoms with van der Waals surface area (Å²) >= 11 is 3.29. The van der Waals surface area contributed by atoms with Gasteiger partial charge in [0.25, 0.3) is 0 Å². The summed E-state index contributed by atoms with van der Waals surface area (Å²) < 4.78 is 32.6. The summed E-state index contributed by atoms with van der Waals surface area (Å²) in [4.78, 5) is 11.9. The number of halogens is 1. The highest BCUT2D eigenvalue weighted by atomic mass is 79.9. The van der Waals surface area contributed by atoms with Crippen molar-refractivity contribution in [3.05, 3.63) is 28.2 Å². The van der Waals surface area contributed by atoms with E-state index in [-0.39, 0.29) is 17.5 Å². The third kappa shape index (κ3) is 4.18. The van der Waals surface area contributed by atoms with Crippen molar-refractivity contribution in [2.24, 2.45) is 5.92 Å². The molecule has 0 radical (unpaired) electrons. The fourth-order valence-electron chi connectivity index (χ4n) is 3.01. The van der Waals surface area contributed by atoms with Gasteiger partial charge in [0.15, 0.2) is 0 Å². The second kappa shape index (κ2) is 7.97. The van der Waals surface area contributed by atoms with Crippen LogP contribution in [0.3, 0.4) is 0 Å². The smallest absolute Gasteiger partial charge is 0.338 e. The van der Waals surface area contributed by atoms with E-state index < -0.39 is 16.0 Å². The molecule has 0 N–H and O–H groups in total. The van der Waals surface area contributed by atoms with Crippen LogP contribution in [0.25, 0.3) is 0 Å². The lowest BCUT2D eigenvalue weighted by Crippen LogP contribution is -2.39. The first kappa shape index (κ1) is 19.4. The van der Waals surface area contributed by atoms with Gasteiger partial charge in [0, 0.05) is 17.6 Å². The average Bonchev–Trinajstić information content (AvgIpc) is 2.54. The van der Waals surface area contributed by atoms with Crippen LogP contribution in [0.15, 0.2) is 27.6 Å². The summed E-state index contributed by atoms with van der Waals surface area (Å²) in [6.45, 7) is 4.21. The third-order valence-corrected chi connectivity index (χ3v) is 7.49. The maximum absolute atomic E-state index is 12.9. The van der Waals surface area contributed by atoms with Gasteiger partial charge in [-0.15, -0.1) is 0 Å². The Bertz CT molecular complexity index is 697. The van der Waals surface area contributed by atoms with Crippen LogP contribution in [0.5, 0.6) is 0 Å². The van der Waals surface area contributed by atoms with E-state index in [2.05, 4.69) is 22.9 Å². The summed E-state index contributed by atoms with van der Waals surface area (Å²) in [6, 6.07) is 4.49. The third-order valence-electron chi connectivity index (χ3n) is 4.60. The number of sulfonamides is 1. The van der Waals surface area contributed by atoms with Crippen LogP contribution in [0.2, 0.25) is 0 Å².